The van der Waals surface area contributed by atoms with Gasteiger partial charge in [0.05, 0.1) is 12.8 Å². The Kier molecular flexibility index (Phi) is 4.49. The Morgan fingerprint density at radius 3 is 2.87 bits per heavy atom. The molecular formula is C11H17FN2O. The third-order valence-corrected chi connectivity index (χ3v) is 1.87. The SMILES string of the molecule is CCOc1ncc(F)cc1CNC(C)C. The van der Waals surface area contributed by atoms with E-state index < -0.39 is 0 Å². The normalized spacial score (nSPS) is 10.7. The lowest BCUT2D eigenvalue weighted by Gasteiger charge is -2.11. The van der Waals surface area contributed by atoms with Crippen LogP contribution in [0, 0.1) is 5.82 Å². The molecule has 0 aliphatic carbocycles. The van der Waals surface area contributed by atoms with Gasteiger partial charge in [0.2, 0.25) is 5.88 Å². The number of nitrogens with one attached hydrogen (secondary N) is 1. The Balaban J connectivity index is 2.77. The number of hydrogen-bond acceptors (Lipinski definition) is 3. The van der Waals surface area contributed by atoms with E-state index in [1.165, 1.54) is 12.3 Å². The molecule has 1 rings (SSSR count). The Morgan fingerprint density at radius 1 is 1.53 bits per heavy atom. The molecule has 0 bridgehead atoms. The molecule has 0 aliphatic heterocycles. The average molecular weight is 212 g/mol. The van der Waals surface area contributed by atoms with Crippen molar-refractivity contribution in [1.82, 2.24) is 10.3 Å². The minimum Gasteiger partial charge on any atom is -0.478 e. The number of aromatic nitrogens is 1. The van der Waals surface area contributed by atoms with Crippen molar-refractivity contribution in [3.63, 3.8) is 0 Å². The first-order valence-corrected chi connectivity index (χ1v) is 5.14. The van der Waals surface area contributed by atoms with Crippen molar-refractivity contribution in [2.45, 2.75) is 33.4 Å². The van der Waals surface area contributed by atoms with Gasteiger partial charge in [0.15, 0.2) is 0 Å². The molecule has 1 heterocycles. The minimum atomic E-state index is -0.334. The number of halogens is 1. The highest BCUT2D eigenvalue weighted by molar-refractivity contribution is 5.26. The zero-order valence-electron chi connectivity index (χ0n) is 9.38. The van der Waals surface area contributed by atoms with Crippen LogP contribution in [0.5, 0.6) is 5.88 Å². The topological polar surface area (TPSA) is 34.1 Å². The predicted molar refractivity (Wildman–Crippen MR) is 57.3 cm³/mol. The van der Waals surface area contributed by atoms with Crippen molar-refractivity contribution in [1.29, 1.82) is 0 Å². The highest BCUT2D eigenvalue weighted by Crippen LogP contribution is 2.16. The largest absolute Gasteiger partial charge is 0.478 e. The molecule has 0 aliphatic rings. The zero-order chi connectivity index (χ0) is 11.3. The zero-order valence-corrected chi connectivity index (χ0v) is 9.38. The van der Waals surface area contributed by atoms with E-state index in [9.17, 15) is 4.39 Å². The summed E-state index contributed by atoms with van der Waals surface area (Å²) in [6.45, 7) is 7.05. The summed E-state index contributed by atoms with van der Waals surface area (Å²) in [4.78, 5) is 3.91. The molecule has 0 saturated carbocycles. The maximum Gasteiger partial charge on any atom is 0.218 e. The van der Waals surface area contributed by atoms with E-state index >= 15 is 0 Å². The van der Waals surface area contributed by atoms with Crippen molar-refractivity contribution < 1.29 is 9.13 Å². The van der Waals surface area contributed by atoms with Crippen LogP contribution in [0.15, 0.2) is 12.3 Å². The Labute approximate surface area is 89.7 Å². The molecule has 1 aromatic heterocycles. The van der Waals surface area contributed by atoms with Gasteiger partial charge in [0.25, 0.3) is 0 Å². The van der Waals surface area contributed by atoms with E-state index in [1.807, 2.05) is 20.8 Å². The number of hydrogen-bond donors (Lipinski definition) is 1. The van der Waals surface area contributed by atoms with Crippen LogP contribution in [0.25, 0.3) is 0 Å². The molecule has 0 amide bonds. The fourth-order valence-corrected chi connectivity index (χ4v) is 1.18. The molecule has 1 N–H and O–H groups in total. The molecule has 0 unspecified atom stereocenters. The summed E-state index contributed by atoms with van der Waals surface area (Å²) in [7, 11) is 0. The lowest BCUT2D eigenvalue weighted by atomic mass is 10.2. The van der Waals surface area contributed by atoms with Crippen molar-refractivity contribution in [2.24, 2.45) is 0 Å². The Hall–Kier alpha value is -1.16. The lowest BCUT2D eigenvalue weighted by molar-refractivity contribution is 0.320. The van der Waals surface area contributed by atoms with Gasteiger partial charge >= 0.3 is 0 Å². The van der Waals surface area contributed by atoms with Crippen molar-refractivity contribution in [2.75, 3.05) is 6.61 Å². The molecule has 0 saturated heterocycles. The summed E-state index contributed by atoms with van der Waals surface area (Å²) in [6.07, 6.45) is 1.17. The van der Waals surface area contributed by atoms with Gasteiger partial charge in [-0.3, -0.25) is 0 Å². The molecule has 0 atom stereocenters. The average Bonchev–Trinajstić information content (AvgIpc) is 2.18. The van der Waals surface area contributed by atoms with E-state index in [-0.39, 0.29) is 5.82 Å². The maximum absolute atomic E-state index is 13.0. The number of ether oxygens (including phenoxy) is 1. The highest BCUT2D eigenvalue weighted by atomic mass is 19.1. The first-order chi connectivity index (χ1) is 7.13. The van der Waals surface area contributed by atoms with Crippen molar-refractivity contribution >= 4 is 0 Å². The number of pyridine rings is 1. The van der Waals surface area contributed by atoms with Crippen molar-refractivity contribution in [3.8, 4) is 5.88 Å². The third kappa shape index (κ3) is 3.83. The molecule has 1 aromatic rings. The van der Waals surface area contributed by atoms with Crippen LogP contribution >= 0.6 is 0 Å². The van der Waals surface area contributed by atoms with Gasteiger partial charge in [-0.1, -0.05) is 13.8 Å². The van der Waals surface area contributed by atoms with Crippen LogP contribution < -0.4 is 10.1 Å². The van der Waals surface area contributed by atoms with E-state index in [2.05, 4.69) is 10.3 Å². The highest BCUT2D eigenvalue weighted by Gasteiger charge is 2.07. The van der Waals surface area contributed by atoms with E-state index in [4.69, 9.17) is 4.74 Å². The molecular weight excluding hydrogens is 195 g/mol. The van der Waals surface area contributed by atoms with Gasteiger partial charge in [-0.2, -0.15) is 0 Å². The molecule has 0 radical (unpaired) electrons. The Morgan fingerprint density at radius 2 is 2.27 bits per heavy atom. The van der Waals surface area contributed by atoms with Crippen LogP contribution in [0.1, 0.15) is 26.3 Å². The van der Waals surface area contributed by atoms with Crippen LogP contribution in [0.3, 0.4) is 0 Å². The molecule has 0 aromatic carbocycles. The molecule has 0 spiro atoms. The second kappa shape index (κ2) is 5.66. The summed E-state index contributed by atoms with van der Waals surface area (Å²) in [6, 6.07) is 1.80. The number of nitrogens with zero attached hydrogens (tertiary/aromatic N) is 1. The van der Waals surface area contributed by atoms with Crippen LogP contribution in [-0.4, -0.2) is 17.6 Å². The third-order valence-electron chi connectivity index (χ3n) is 1.87. The fourth-order valence-electron chi connectivity index (χ4n) is 1.18. The maximum atomic E-state index is 13.0. The van der Waals surface area contributed by atoms with Gasteiger partial charge in [0, 0.05) is 18.2 Å². The summed E-state index contributed by atoms with van der Waals surface area (Å²) in [5, 5.41) is 3.20. The molecule has 4 heteroatoms. The van der Waals surface area contributed by atoms with Crippen LogP contribution in [-0.2, 0) is 6.54 Å². The molecule has 3 nitrogen and oxygen atoms in total. The first-order valence-electron chi connectivity index (χ1n) is 5.14. The smallest absolute Gasteiger partial charge is 0.218 e. The molecule has 84 valence electrons. The molecule has 15 heavy (non-hydrogen) atoms. The van der Waals surface area contributed by atoms with Crippen LogP contribution in [0.4, 0.5) is 4.39 Å². The van der Waals surface area contributed by atoms with Gasteiger partial charge in [0.1, 0.15) is 5.82 Å². The quantitative estimate of drug-likeness (QED) is 0.811. The number of rotatable bonds is 5. The lowest BCUT2D eigenvalue weighted by Crippen LogP contribution is -2.22. The monoisotopic (exact) mass is 212 g/mol. The van der Waals surface area contributed by atoms with Gasteiger partial charge in [-0.15, -0.1) is 0 Å². The van der Waals surface area contributed by atoms with E-state index in [1.54, 1.807) is 0 Å². The summed E-state index contributed by atoms with van der Waals surface area (Å²) in [5.74, 6) is 0.172. The standard InChI is InChI=1S/C11H17FN2O/c1-4-15-11-9(6-13-8(2)3)5-10(12)7-14-11/h5,7-8,13H,4,6H2,1-3H3. The van der Waals surface area contributed by atoms with Gasteiger partial charge in [-0.25, -0.2) is 9.37 Å². The minimum absolute atomic E-state index is 0.334. The second-order valence-corrected chi connectivity index (χ2v) is 3.59. The fraction of sp³-hybridized carbons (Fsp3) is 0.545. The Bertz CT molecular complexity index is 315. The van der Waals surface area contributed by atoms with Crippen LogP contribution in [0.2, 0.25) is 0 Å². The van der Waals surface area contributed by atoms with Gasteiger partial charge < -0.3 is 10.1 Å². The van der Waals surface area contributed by atoms with Crippen molar-refractivity contribution in [3.05, 3.63) is 23.6 Å². The van der Waals surface area contributed by atoms with E-state index in [0.29, 0.717) is 25.1 Å². The van der Waals surface area contributed by atoms with Gasteiger partial charge in [-0.05, 0) is 13.0 Å². The second-order valence-electron chi connectivity index (χ2n) is 3.59. The molecule has 0 fully saturated rings. The predicted octanol–water partition coefficient (Wildman–Crippen LogP) is 2.12. The summed E-state index contributed by atoms with van der Waals surface area (Å²) < 4.78 is 18.3. The summed E-state index contributed by atoms with van der Waals surface area (Å²) >= 11 is 0. The van der Waals surface area contributed by atoms with E-state index in [0.717, 1.165) is 5.56 Å². The first kappa shape index (κ1) is 11.9. The summed E-state index contributed by atoms with van der Waals surface area (Å²) in [5.41, 5.74) is 0.755.